The number of hydrogen-bond donors (Lipinski definition) is 0. The Morgan fingerprint density at radius 3 is 2.50 bits per heavy atom. The first-order valence-corrected chi connectivity index (χ1v) is 10.0. The SMILES string of the molecule is C=C[C@H]1C[C@@H](COC2CCC(c3ccccc3)CC2)C([N+](=O)[O-])C[C@H]1C. The highest BCUT2D eigenvalue weighted by atomic mass is 16.6. The lowest BCUT2D eigenvalue weighted by molar-refractivity contribution is -0.539. The second-order valence-corrected chi connectivity index (χ2v) is 8.18. The van der Waals surface area contributed by atoms with E-state index in [1.807, 2.05) is 6.08 Å². The van der Waals surface area contributed by atoms with E-state index < -0.39 is 6.04 Å². The first-order valence-electron chi connectivity index (χ1n) is 10.0. The molecule has 0 spiro atoms. The molecular formula is C22H31NO3. The fourth-order valence-electron chi connectivity index (χ4n) is 4.80. The summed E-state index contributed by atoms with van der Waals surface area (Å²) in [4.78, 5) is 11.4. The Bertz CT molecular complexity index is 595. The van der Waals surface area contributed by atoms with Crippen LogP contribution in [0.2, 0.25) is 0 Å². The summed E-state index contributed by atoms with van der Waals surface area (Å²) in [5.41, 5.74) is 1.43. The van der Waals surface area contributed by atoms with E-state index in [0.29, 0.717) is 30.8 Å². The molecule has 0 bridgehead atoms. The minimum atomic E-state index is -0.471. The van der Waals surface area contributed by atoms with Crippen LogP contribution in [0.5, 0.6) is 0 Å². The lowest BCUT2D eigenvalue weighted by Crippen LogP contribution is -2.41. The van der Waals surface area contributed by atoms with Gasteiger partial charge in [0.25, 0.3) is 0 Å². The predicted octanol–water partition coefficient (Wildman–Crippen LogP) is 5.22. The molecule has 4 atom stereocenters. The molecule has 1 aromatic carbocycles. The number of nitro groups is 1. The molecule has 0 heterocycles. The van der Waals surface area contributed by atoms with E-state index in [1.165, 1.54) is 5.56 Å². The third-order valence-electron chi connectivity index (χ3n) is 6.53. The molecule has 0 aromatic heterocycles. The quantitative estimate of drug-likeness (QED) is 0.398. The van der Waals surface area contributed by atoms with E-state index >= 15 is 0 Å². The normalized spacial score (nSPS) is 35.0. The molecule has 0 N–H and O–H groups in total. The summed E-state index contributed by atoms with van der Waals surface area (Å²) >= 11 is 0. The first-order chi connectivity index (χ1) is 12.6. The van der Waals surface area contributed by atoms with E-state index in [9.17, 15) is 10.1 Å². The summed E-state index contributed by atoms with van der Waals surface area (Å²) in [5, 5.41) is 11.5. The molecule has 4 heteroatoms. The van der Waals surface area contributed by atoms with Crippen molar-refractivity contribution in [3.8, 4) is 0 Å². The minimum Gasteiger partial charge on any atom is -0.378 e. The molecule has 4 nitrogen and oxygen atoms in total. The molecule has 0 amide bonds. The fraction of sp³-hybridized carbons (Fsp3) is 0.636. The van der Waals surface area contributed by atoms with Crippen LogP contribution in [0.4, 0.5) is 0 Å². The molecule has 2 fully saturated rings. The third-order valence-corrected chi connectivity index (χ3v) is 6.53. The molecule has 2 aliphatic carbocycles. The van der Waals surface area contributed by atoms with Gasteiger partial charge >= 0.3 is 0 Å². The lowest BCUT2D eigenvalue weighted by atomic mass is 9.72. The zero-order valence-electron chi connectivity index (χ0n) is 15.8. The van der Waals surface area contributed by atoms with Gasteiger partial charge in [-0.3, -0.25) is 10.1 Å². The molecule has 0 aliphatic heterocycles. The summed E-state index contributed by atoms with van der Waals surface area (Å²) in [6, 6.07) is 10.2. The second-order valence-electron chi connectivity index (χ2n) is 8.18. The molecular weight excluding hydrogens is 326 g/mol. The Hall–Kier alpha value is -1.68. The molecule has 142 valence electrons. The largest absolute Gasteiger partial charge is 0.378 e. The summed E-state index contributed by atoms with van der Waals surface area (Å²) in [5.74, 6) is 1.34. The van der Waals surface area contributed by atoms with Gasteiger partial charge in [0.2, 0.25) is 6.04 Å². The molecule has 3 rings (SSSR count). The van der Waals surface area contributed by atoms with Gasteiger partial charge in [-0.15, -0.1) is 6.58 Å². The van der Waals surface area contributed by atoms with Gasteiger partial charge in [-0.25, -0.2) is 0 Å². The van der Waals surface area contributed by atoms with Gasteiger partial charge in [0, 0.05) is 11.3 Å². The number of nitrogens with zero attached hydrogens (tertiary/aromatic N) is 1. The minimum absolute atomic E-state index is 0.0102. The number of rotatable bonds is 6. The van der Waals surface area contributed by atoms with Crippen LogP contribution in [0.25, 0.3) is 0 Å². The highest BCUT2D eigenvalue weighted by Crippen LogP contribution is 2.38. The monoisotopic (exact) mass is 357 g/mol. The maximum absolute atomic E-state index is 11.5. The van der Waals surface area contributed by atoms with Gasteiger partial charge in [-0.05, 0) is 55.4 Å². The van der Waals surface area contributed by atoms with E-state index in [-0.39, 0.29) is 16.9 Å². The summed E-state index contributed by atoms with van der Waals surface area (Å²) in [7, 11) is 0. The van der Waals surface area contributed by atoms with E-state index in [1.54, 1.807) is 0 Å². The molecule has 26 heavy (non-hydrogen) atoms. The molecule has 2 saturated carbocycles. The summed E-state index contributed by atoms with van der Waals surface area (Å²) < 4.78 is 6.18. The Balaban J connectivity index is 1.50. The summed E-state index contributed by atoms with van der Waals surface area (Å²) in [6.07, 6.45) is 8.08. The Kier molecular flexibility index (Phi) is 6.47. The first kappa shape index (κ1) is 19.1. The van der Waals surface area contributed by atoms with Gasteiger partial charge in [0.05, 0.1) is 18.6 Å². The van der Waals surface area contributed by atoms with Crippen molar-refractivity contribution < 1.29 is 9.66 Å². The topological polar surface area (TPSA) is 52.4 Å². The van der Waals surface area contributed by atoms with Crippen LogP contribution in [0.15, 0.2) is 43.0 Å². The van der Waals surface area contributed by atoms with Crippen LogP contribution in [0.1, 0.15) is 56.9 Å². The van der Waals surface area contributed by atoms with Gasteiger partial charge in [0.15, 0.2) is 0 Å². The average Bonchev–Trinajstić information content (AvgIpc) is 2.67. The molecule has 1 aromatic rings. The smallest absolute Gasteiger partial charge is 0.218 e. The number of hydrogen-bond acceptors (Lipinski definition) is 3. The van der Waals surface area contributed by atoms with Crippen LogP contribution in [-0.2, 0) is 4.74 Å². The van der Waals surface area contributed by atoms with Crippen LogP contribution in [0, 0.1) is 27.9 Å². The highest BCUT2D eigenvalue weighted by molar-refractivity contribution is 5.19. The van der Waals surface area contributed by atoms with Crippen LogP contribution < -0.4 is 0 Å². The van der Waals surface area contributed by atoms with Crippen LogP contribution in [-0.4, -0.2) is 23.7 Å². The number of benzene rings is 1. The van der Waals surface area contributed by atoms with Gasteiger partial charge in [0.1, 0.15) is 0 Å². The van der Waals surface area contributed by atoms with Crippen molar-refractivity contribution in [2.24, 2.45) is 17.8 Å². The Morgan fingerprint density at radius 2 is 1.88 bits per heavy atom. The van der Waals surface area contributed by atoms with E-state index in [0.717, 1.165) is 32.1 Å². The lowest BCUT2D eigenvalue weighted by Gasteiger charge is -2.36. The zero-order valence-corrected chi connectivity index (χ0v) is 15.8. The molecule has 1 unspecified atom stereocenters. The zero-order chi connectivity index (χ0) is 18.5. The predicted molar refractivity (Wildman–Crippen MR) is 104 cm³/mol. The number of allylic oxidation sites excluding steroid dienone is 1. The van der Waals surface area contributed by atoms with Crippen molar-refractivity contribution in [1.29, 1.82) is 0 Å². The highest BCUT2D eigenvalue weighted by Gasteiger charge is 2.41. The number of ether oxygens (including phenoxy) is 1. The van der Waals surface area contributed by atoms with Crippen molar-refractivity contribution in [2.45, 2.75) is 63.5 Å². The van der Waals surface area contributed by atoms with E-state index in [2.05, 4.69) is 43.8 Å². The fourth-order valence-corrected chi connectivity index (χ4v) is 4.80. The van der Waals surface area contributed by atoms with Crippen molar-refractivity contribution in [3.05, 3.63) is 58.7 Å². The second kappa shape index (κ2) is 8.81. The average molecular weight is 357 g/mol. The molecule has 2 aliphatic rings. The van der Waals surface area contributed by atoms with Crippen molar-refractivity contribution in [3.63, 3.8) is 0 Å². The van der Waals surface area contributed by atoms with Crippen LogP contribution >= 0.6 is 0 Å². The maximum atomic E-state index is 11.5. The third kappa shape index (κ3) is 4.53. The van der Waals surface area contributed by atoms with Crippen molar-refractivity contribution in [1.82, 2.24) is 0 Å². The van der Waals surface area contributed by atoms with Crippen molar-refractivity contribution in [2.75, 3.05) is 6.61 Å². The Labute approximate surface area is 156 Å². The molecule has 0 saturated heterocycles. The van der Waals surface area contributed by atoms with E-state index in [4.69, 9.17) is 4.74 Å². The summed E-state index contributed by atoms with van der Waals surface area (Å²) in [6.45, 7) is 6.53. The van der Waals surface area contributed by atoms with Gasteiger partial charge in [-0.2, -0.15) is 0 Å². The van der Waals surface area contributed by atoms with Gasteiger partial charge < -0.3 is 4.74 Å². The van der Waals surface area contributed by atoms with Gasteiger partial charge in [-0.1, -0.05) is 43.3 Å². The standard InChI is InChI=1S/C22H31NO3/c1-3-17-14-20(22(23(24)25)13-16(17)2)15-26-21-11-9-19(10-12-21)18-7-5-4-6-8-18/h3-8,16-17,19-22H,1,9-15H2,2H3/t16-,17+,19?,20+,21?,22?/m1/s1. The maximum Gasteiger partial charge on any atom is 0.218 e. The van der Waals surface area contributed by atoms with Crippen LogP contribution in [0.3, 0.4) is 0 Å². The van der Waals surface area contributed by atoms with Crippen molar-refractivity contribution >= 4 is 0 Å². The Morgan fingerprint density at radius 1 is 1.19 bits per heavy atom. The molecule has 0 radical (unpaired) electrons.